The van der Waals surface area contributed by atoms with Gasteiger partial charge >= 0.3 is 0 Å². The minimum absolute atomic E-state index is 0.490. The summed E-state index contributed by atoms with van der Waals surface area (Å²) in [4.78, 5) is 14.5. The summed E-state index contributed by atoms with van der Waals surface area (Å²) in [5.41, 5.74) is 0.600. The van der Waals surface area contributed by atoms with E-state index in [1.54, 1.807) is 18.5 Å². The van der Waals surface area contributed by atoms with Crippen molar-refractivity contribution in [2.45, 2.75) is 6.04 Å². The highest BCUT2D eigenvalue weighted by Gasteiger charge is 2.14. The second-order valence-corrected chi connectivity index (χ2v) is 3.82. The molecular weight excluding hydrogens is 238 g/mol. The van der Waals surface area contributed by atoms with Crippen molar-refractivity contribution in [3.05, 3.63) is 41.2 Å². The van der Waals surface area contributed by atoms with Crippen LogP contribution in [0.5, 0.6) is 0 Å². The fourth-order valence-electron chi connectivity index (χ4n) is 1.70. The van der Waals surface area contributed by atoms with Crippen LogP contribution in [0.1, 0.15) is 11.6 Å². The van der Waals surface area contributed by atoms with Crippen molar-refractivity contribution >= 4 is 28.8 Å². The molecule has 1 atom stereocenters. The fourth-order valence-corrected chi connectivity index (χ4v) is 1.99. The van der Waals surface area contributed by atoms with Crippen LogP contribution in [0, 0.1) is 11.3 Å². The van der Waals surface area contributed by atoms with Gasteiger partial charge in [-0.25, -0.2) is 0 Å². The predicted octanol–water partition coefficient (Wildman–Crippen LogP) is 2.20. The highest BCUT2D eigenvalue weighted by Crippen LogP contribution is 2.29. The van der Waals surface area contributed by atoms with E-state index in [1.807, 2.05) is 18.2 Å². The smallest absolute Gasteiger partial charge is 0.208 e. The van der Waals surface area contributed by atoms with Crippen molar-refractivity contribution in [2.75, 3.05) is 0 Å². The first-order valence-electron chi connectivity index (χ1n) is 4.89. The van der Waals surface area contributed by atoms with Gasteiger partial charge in [0, 0.05) is 33.8 Å². The zero-order valence-electron chi connectivity index (χ0n) is 8.72. The number of benzene rings is 1. The number of pyridine rings is 1. The first-order chi connectivity index (χ1) is 8.27. The maximum absolute atomic E-state index is 10.5. The molecule has 17 heavy (non-hydrogen) atoms. The lowest BCUT2D eigenvalue weighted by atomic mass is 10.0. The summed E-state index contributed by atoms with van der Waals surface area (Å²) in [5, 5.41) is 13.6. The molecule has 1 aromatic heterocycles. The quantitative estimate of drug-likeness (QED) is 0.843. The summed E-state index contributed by atoms with van der Waals surface area (Å²) in [7, 11) is 0. The van der Waals surface area contributed by atoms with Gasteiger partial charge in [0.1, 0.15) is 6.04 Å². The maximum atomic E-state index is 10.5. The van der Waals surface area contributed by atoms with Gasteiger partial charge < -0.3 is 5.32 Å². The van der Waals surface area contributed by atoms with E-state index in [0.717, 1.165) is 10.8 Å². The lowest BCUT2D eigenvalue weighted by Crippen LogP contribution is -2.18. The standard InChI is InChI=1S/C12H8ClN3O/c13-10-3-1-2-8-5-15-6-9(12(8)10)11(4-14)16-7-17/h1-3,5-7,11H,(H,16,17). The fraction of sp³-hybridized carbons (Fsp3) is 0.0833. The van der Waals surface area contributed by atoms with Gasteiger partial charge in [0.2, 0.25) is 6.41 Å². The number of fused-ring (bicyclic) bond motifs is 1. The highest BCUT2D eigenvalue weighted by atomic mass is 35.5. The van der Waals surface area contributed by atoms with Gasteiger partial charge in [0.25, 0.3) is 0 Å². The third-order valence-corrected chi connectivity index (χ3v) is 2.75. The van der Waals surface area contributed by atoms with Crippen molar-refractivity contribution < 1.29 is 4.79 Å². The molecule has 0 saturated carbocycles. The summed E-state index contributed by atoms with van der Waals surface area (Å²) in [5.74, 6) is 0. The van der Waals surface area contributed by atoms with Gasteiger partial charge in [-0.05, 0) is 6.07 Å². The molecule has 5 heteroatoms. The number of hydrogen-bond acceptors (Lipinski definition) is 3. The van der Waals surface area contributed by atoms with Crippen LogP contribution >= 0.6 is 11.6 Å². The number of amides is 1. The number of carbonyl (C=O) groups excluding carboxylic acids is 1. The van der Waals surface area contributed by atoms with E-state index in [2.05, 4.69) is 10.3 Å². The van der Waals surface area contributed by atoms with E-state index in [1.165, 1.54) is 0 Å². The average molecular weight is 246 g/mol. The Morgan fingerprint density at radius 2 is 2.29 bits per heavy atom. The Bertz CT molecular complexity index is 601. The molecule has 0 aliphatic carbocycles. The molecule has 1 N–H and O–H groups in total. The molecule has 1 amide bonds. The Balaban J connectivity index is 2.69. The number of nitriles is 1. The van der Waals surface area contributed by atoms with Gasteiger partial charge in [0.05, 0.1) is 6.07 Å². The number of carbonyl (C=O) groups is 1. The molecule has 0 aliphatic heterocycles. The van der Waals surface area contributed by atoms with Crippen molar-refractivity contribution in [3.8, 4) is 6.07 Å². The first kappa shape index (κ1) is 11.4. The Labute approximate surface area is 103 Å². The van der Waals surface area contributed by atoms with Crippen LogP contribution in [0.3, 0.4) is 0 Å². The van der Waals surface area contributed by atoms with Crippen LogP contribution < -0.4 is 5.32 Å². The van der Waals surface area contributed by atoms with E-state index in [4.69, 9.17) is 16.9 Å². The number of nitrogens with one attached hydrogen (secondary N) is 1. The molecule has 2 aromatic rings. The summed E-state index contributed by atoms with van der Waals surface area (Å²) < 4.78 is 0. The molecule has 0 aliphatic rings. The zero-order valence-corrected chi connectivity index (χ0v) is 9.48. The van der Waals surface area contributed by atoms with Gasteiger partial charge in [-0.15, -0.1) is 0 Å². The van der Waals surface area contributed by atoms with Crippen molar-refractivity contribution in [3.63, 3.8) is 0 Å². The second-order valence-electron chi connectivity index (χ2n) is 3.41. The molecule has 2 rings (SSSR count). The lowest BCUT2D eigenvalue weighted by molar-refractivity contribution is -0.109. The Hall–Kier alpha value is -2.12. The molecule has 0 fully saturated rings. The van der Waals surface area contributed by atoms with E-state index < -0.39 is 6.04 Å². The van der Waals surface area contributed by atoms with Gasteiger partial charge in [-0.3, -0.25) is 9.78 Å². The number of halogens is 1. The molecule has 1 aromatic carbocycles. The summed E-state index contributed by atoms with van der Waals surface area (Å²) in [6, 6.07) is 6.65. The average Bonchev–Trinajstić information content (AvgIpc) is 2.36. The number of aromatic nitrogens is 1. The molecule has 84 valence electrons. The topological polar surface area (TPSA) is 65.8 Å². The third kappa shape index (κ3) is 2.05. The number of rotatable bonds is 3. The summed E-state index contributed by atoms with van der Waals surface area (Å²) in [6.45, 7) is 0. The van der Waals surface area contributed by atoms with E-state index >= 15 is 0 Å². The largest absolute Gasteiger partial charge is 0.339 e. The molecule has 0 saturated heterocycles. The second kappa shape index (κ2) is 4.81. The molecule has 0 spiro atoms. The van der Waals surface area contributed by atoms with E-state index in [-0.39, 0.29) is 0 Å². The van der Waals surface area contributed by atoms with Crippen LogP contribution in [0.15, 0.2) is 30.6 Å². The lowest BCUT2D eigenvalue weighted by Gasteiger charge is -2.11. The van der Waals surface area contributed by atoms with Crippen molar-refractivity contribution in [1.82, 2.24) is 10.3 Å². The van der Waals surface area contributed by atoms with E-state index in [9.17, 15) is 4.79 Å². The minimum atomic E-state index is -0.747. The minimum Gasteiger partial charge on any atom is -0.339 e. The molecule has 0 bridgehead atoms. The predicted molar refractivity (Wildman–Crippen MR) is 64.3 cm³/mol. The summed E-state index contributed by atoms with van der Waals surface area (Å²) in [6.07, 6.45) is 3.70. The van der Waals surface area contributed by atoms with Gasteiger partial charge in [-0.1, -0.05) is 23.7 Å². The Morgan fingerprint density at radius 1 is 1.47 bits per heavy atom. The number of hydrogen-bond donors (Lipinski definition) is 1. The van der Waals surface area contributed by atoms with Crippen LogP contribution in [-0.2, 0) is 4.79 Å². The first-order valence-corrected chi connectivity index (χ1v) is 5.27. The maximum Gasteiger partial charge on any atom is 0.208 e. The summed E-state index contributed by atoms with van der Waals surface area (Å²) >= 11 is 6.11. The molecule has 4 nitrogen and oxygen atoms in total. The van der Waals surface area contributed by atoms with Gasteiger partial charge in [0.15, 0.2) is 0 Å². The van der Waals surface area contributed by atoms with E-state index in [0.29, 0.717) is 17.0 Å². The molecule has 1 heterocycles. The Kier molecular flexibility index (Phi) is 3.22. The van der Waals surface area contributed by atoms with Crippen LogP contribution in [0.25, 0.3) is 10.8 Å². The van der Waals surface area contributed by atoms with Gasteiger partial charge in [-0.2, -0.15) is 5.26 Å². The van der Waals surface area contributed by atoms with Crippen molar-refractivity contribution in [2.24, 2.45) is 0 Å². The van der Waals surface area contributed by atoms with Crippen LogP contribution in [0.4, 0.5) is 0 Å². The molecule has 0 radical (unpaired) electrons. The Morgan fingerprint density at radius 3 is 3.00 bits per heavy atom. The number of nitrogens with zero attached hydrogens (tertiary/aromatic N) is 2. The van der Waals surface area contributed by atoms with Crippen LogP contribution in [-0.4, -0.2) is 11.4 Å². The van der Waals surface area contributed by atoms with Crippen LogP contribution in [0.2, 0.25) is 5.02 Å². The monoisotopic (exact) mass is 245 g/mol. The SMILES string of the molecule is N#CC(NC=O)c1cncc2cccc(Cl)c12. The normalized spacial score (nSPS) is 11.8. The molecule has 1 unspecified atom stereocenters. The zero-order chi connectivity index (χ0) is 12.3. The third-order valence-electron chi connectivity index (χ3n) is 2.44. The van der Waals surface area contributed by atoms with Crippen molar-refractivity contribution in [1.29, 1.82) is 5.26 Å². The molecular formula is C12H8ClN3O. The highest BCUT2D eigenvalue weighted by molar-refractivity contribution is 6.35.